The van der Waals surface area contributed by atoms with Crippen LogP contribution < -0.4 is 0 Å². The number of piperazine rings is 1. The van der Waals surface area contributed by atoms with E-state index in [1.165, 1.54) is 5.56 Å². The zero-order valence-electron chi connectivity index (χ0n) is 12.0. The lowest BCUT2D eigenvalue weighted by atomic mass is 10.2. The predicted molar refractivity (Wildman–Crippen MR) is 79.8 cm³/mol. The summed E-state index contributed by atoms with van der Waals surface area (Å²) >= 11 is 0. The standard InChI is InChI=1S/C14H23N3O2S/c1-2-3-12-20(18,19)17-10-8-16(9-11-17)13-14-4-6-15-7-5-14/h4-7H,2-3,8-13H2,1H3. The van der Waals surface area contributed by atoms with E-state index in [0.717, 1.165) is 32.5 Å². The molecule has 112 valence electrons. The van der Waals surface area contributed by atoms with Gasteiger partial charge in [0.15, 0.2) is 0 Å². The molecule has 5 nitrogen and oxygen atoms in total. The van der Waals surface area contributed by atoms with Crippen molar-refractivity contribution < 1.29 is 8.42 Å². The van der Waals surface area contributed by atoms with E-state index >= 15 is 0 Å². The smallest absolute Gasteiger partial charge is 0.214 e. The average Bonchev–Trinajstić information content (AvgIpc) is 2.47. The van der Waals surface area contributed by atoms with Crippen molar-refractivity contribution >= 4 is 10.0 Å². The minimum atomic E-state index is -3.05. The van der Waals surface area contributed by atoms with Gasteiger partial charge in [-0.1, -0.05) is 13.3 Å². The van der Waals surface area contributed by atoms with Crippen LogP contribution in [-0.2, 0) is 16.6 Å². The molecule has 0 aromatic carbocycles. The highest BCUT2D eigenvalue weighted by atomic mass is 32.2. The van der Waals surface area contributed by atoms with E-state index in [9.17, 15) is 8.42 Å². The first-order valence-electron chi connectivity index (χ1n) is 7.21. The molecule has 0 radical (unpaired) electrons. The maximum Gasteiger partial charge on any atom is 0.214 e. The Kier molecular flexibility index (Phi) is 5.51. The second kappa shape index (κ2) is 7.15. The van der Waals surface area contributed by atoms with E-state index in [2.05, 4.69) is 9.88 Å². The van der Waals surface area contributed by atoms with Gasteiger partial charge in [-0.15, -0.1) is 0 Å². The molecule has 6 heteroatoms. The van der Waals surface area contributed by atoms with E-state index in [4.69, 9.17) is 0 Å². The number of aromatic nitrogens is 1. The molecule has 1 aromatic heterocycles. The Morgan fingerprint density at radius 3 is 2.40 bits per heavy atom. The topological polar surface area (TPSA) is 53.5 Å². The second-order valence-corrected chi connectivity index (χ2v) is 7.29. The van der Waals surface area contributed by atoms with Gasteiger partial charge in [0, 0.05) is 45.1 Å². The first-order chi connectivity index (χ1) is 9.62. The first-order valence-corrected chi connectivity index (χ1v) is 8.82. The lowest BCUT2D eigenvalue weighted by Crippen LogP contribution is -2.48. The highest BCUT2D eigenvalue weighted by Gasteiger charge is 2.26. The normalized spacial score (nSPS) is 18.2. The van der Waals surface area contributed by atoms with E-state index in [1.54, 1.807) is 16.7 Å². The number of rotatable bonds is 6. The van der Waals surface area contributed by atoms with Crippen LogP contribution in [0.15, 0.2) is 24.5 Å². The van der Waals surface area contributed by atoms with Crippen molar-refractivity contribution in [2.45, 2.75) is 26.3 Å². The molecular formula is C14H23N3O2S. The summed E-state index contributed by atoms with van der Waals surface area (Å²) in [5.41, 5.74) is 1.22. The number of nitrogens with zero attached hydrogens (tertiary/aromatic N) is 3. The number of hydrogen-bond donors (Lipinski definition) is 0. The lowest BCUT2D eigenvalue weighted by Gasteiger charge is -2.34. The van der Waals surface area contributed by atoms with Crippen LogP contribution >= 0.6 is 0 Å². The van der Waals surface area contributed by atoms with Gasteiger partial charge in [0.2, 0.25) is 10.0 Å². The fraction of sp³-hybridized carbons (Fsp3) is 0.643. The van der Waals surface area contributed by atoms with Crippen LogP contribution in [0.3, 0.4) is 0 Å². The summed E-state index contributed by atoms with van der Waals surface area (Å²) in [4.78, 5) is 6.30. The van der Waals surface area contributed by atoms with Crippen LogP contribution in [0.25, 0.3) is 0 Å². The molecule has 1 fully saturated rings. The summed E-state index contributed by atoms with van der Waals surface area (Å²) in [6.45, 7) is 5.70. The molecule has 1 saturated heterocycles. The van der Waals surface area contributed by atoms with Gasteiger partial charge >= 0.3 is 0 Å². The van der Waals surface area contributed by atoms with Crippen molar-refractivity contribution in [1.82, 2.24) is 14.2 Å². The van der Waals surface area contributed by atoms with Crippen LogP contribution in [-0.4, -0.2) is 54.5 Å². The summed E-state index contributed by atoms with van der Waals surface area (Å²) in [5.74, 6) is 0.286. The number of pyridine rings is 1. The Hall–Kier alpha value is -0.980. The molecule has 0 unspecified atom stereocenters. The molecule has 1 aliphatic heterocycles. The van der Waals surface area contributed by atoms with Gasteiger partial charge in [-0.3, -0.25) is 9.88 Å². The summed E-state index contributed by atoms with van der Waals surface area (Å²) in [6.07, 6.45) is 5.25. The largest absolute Gasteiger partial charge is 0.296 e. The van der Waals surface area contributed by atoms with E-state index in [-0.39, 0.29) is 5.75 Å². The number of sulfonamides is 1. The SMILES string of the molecule is CCCCS(=O)(=O)N1CCN(Cc2ccncc2)CC1. The number of hydrogen-bond acceptors (Lipinski definition) is 4. The van der Waals surface area contributed by atoms with Crippen LogP contribution in [0.4, 0.5) is 0 Å². The molecule has 1 aromatic rings. The monoisotopic (exact) mass is 297 g/mol. The summed E-state index contributed by atoms with van der Waals surface area (Å²) in [5, 5.41) is 0. The third-order valence-corrected chi connectivity index (χ3v) is 5.59. The minimum absolute atomic E-state index is 0.286. The molecule has 0 spiro atoms. The summed E-state index contributed by atoms with van der Waals surface area (Å²) in [7, 11) is -3.05. The minimum Gasteiger partial charge on any atom is -0.296 e. The molecule has 0 aliphatic carbocycles. The quantitative estimate of drug-likeness (QED) is 0.795. The lowest BCUT2D eigenvalue weighted by molar-refractivity contribution is 0.181. The fourth-order valence-electron chi connectivity index (χ4n) is 2.37. The molecular weight excluding hydrogens is 274 g/mol. The van der Waals surface area contributed by atoms with Gasteiger partial charge < -0.3 is 0 Å². The van der Waals surface area contributed by atoms with E-state index in [1.807, 2.05) is 19.1 Å². The van der Waals surface area contributed by atoms with Crippen LogP contribution in [0.2, 0.25) is 0 Å². The van der Waals surface area contributed by atoms with Crippen molar-refractivity contribution in [3.8, 4) is 0 Å². The Bertz CT molecular complexity index is 496. The van der Waals surface area contributed by atoms with Crippen molar-refractivity contribution in [3.63, 3.8) is 0 Å². The van der Waals surface area contributed by atoms with Crippen molar-refractivity contribution in [2.24, 2.45) is 0 Å². The maximum absolute atomic E-state index is 12.1. The van der Waals surface area contributed by atoms with Gasteiger partial charge in [-0.2, -0.15) is 4.31 Å². The van der Waals surface area contributed by atoms with Gasteiger partial charge in [0.1, 0.15) is 0 Å². The molecule has 1 aliphatic rings. The highest BCUT2D eigenvalue weighted by molar-refractivity contribution is 7.89. The van der Waals surface area contributed by atoms with Gasteiger partial charge in [0.25, 0.3) is 0 Å². The fourth-order valence-corrected chi connectivity index (χ4v) is 4.00. The van der Waals surface area contributed by atoms with Crippen molar-refractivity contribution in [1.29, 1.82) is 0 Å². The zero-order chi connectivity index (χ0) is 14.4. The van der Waals surface area contributed by atoms with Gasteiger partial charge in [-0.25, -0.2) is 8.42 Å². The van der Waals surface area contributed by atoms with Gasteiger partial charge in [0.05, 0.1) is 5.75 Å². The van der Waals surface area contributed by atoms with E-state index < -0.39 is 10.0 Å². The van der Waals surface area contributed by atoms with Crippen LogP contribution in [0.5, 0.6) is 0 Å². The summed E-state index contributed by atoms with van der Waals surface area (Å²) < 4.78 is 25.9. The second-order valence-electron chi connectivity index (χ2n) is 5.20. The Labute approximate surface area is 121 Å². The average molecular weight is 297 g/mol. The predicted octanol–water partition coefficient (Wildman–Crippen LogP) is 1.33. The number of unbranched alkanes of at least 4 members (excludes halogenated alkanes) is 1. The van der Waals surface area contributed by atoms with Crippen molar-refractivity contribution in [3.05, 3.63) is 30.1 Å². The third kappa shape index (κ3) is 4.26. The highest BCUT2D eigenvalue weighted by Crippen LogP contribution is 2.12. The first kappa shape index (κ1) is 15.4. The molecule has 2 rings (SSSR count). The molecule has 0 N–H and O–H groups in total. The molecule has 0 saturated carbocycles. The third-order valence-electron chi connectivity index (χ3n) is 3.64. The Balaban J connectivity index is 1.83. The van der Waals surface area contributed by atoms with E-state index in [0.29, 0.717) is 13.1 Å². The Morgan fingerprint density at radius 1 is 1.15 bits per heavy atom. The van der Waals surface area contributed by atoms with Crippen molar-refractivity contribution in [2.75, 3.05) is 31.9 Å². The van der Waals surface area contributed by atoms with Gasteiger partial charge in [-0.05, 0) is 24.1 Å². The molecule has 20 heavy (non-hydrogen) atoms. The van der Waals surface area contributed by atoms with Crippen LogP contribution in [0, 0.1) is 0 Å². The zero-order valence-corrected chi connectivity index (χ0v) is 12.8. The van der Waals surface area contributed by atoms with Crippen LogP contribution in [0.1, 0.15) is 25.3 Å². The Morgan fingerprint density at radius 2 is 1.80 bits per heavy atom. The molecule has 2 heterocycles. The maximum atomic E-state index is 12.1. The molecule has 0 atom stereocenters. The molecule has 0 bridgehead atoms. The summed E-state index contributed by atoms with van der Waals surface area (Å²) in [6, 6.07) is 4.01. The molecule has 0 amide bonds.